The summed E-state index contributed by atoms with van der Waals surface area (Å²) in [6.45, 7) is 2.83. The van der Waals surface area contributed by atoms with Crippen molar-refractivity contribution in [3.63, 3.8) is 0 Å². The fourth-order valence-electron chi connectivity index (χ4n) is 3.13. The molecule has 3 aromatic carbocycles. The van der Waals surface area contributed by atoms with Crippen LogP contribution in [0.25, 0.3) is 10.8 Å². The molecule has 0 atom stereocenters. The van der Waals surface area contributed by atoms with Crippen molar-refractivity contribution in [1.82, 2.24) is 14.8 Å². The van der Waals surface area contributed by atoms with E-state index in [0.29, 0.717) is 24.2 Å². The van der Waals surface area contributed by atoms with Crippen LogP contribution in [-0.2, 0) is 18.4 Å². The highest BCUT2D eigenvalue weighted by molar-refractivity contribution is 7.99. The van der Waals surface area contributed by atoms with Gasteiger partial charge in [-0.3, -0.25) is 4.79 Å². The molecule has 1 aromatic heterocycles. The molecule has 8 heteroatoms. The Labute approximate surface area is 190 Å². The molecule has 0 bridgehead atoms. The zero-order valence-electron chi connectivity index (χ0n) is 17.9. The Hall–Kier alpha value is -3.52. The Bertz CT molecular complexity index is 1210. The number of anilines is 1. The SMILES string of the molecule is CCOc1ccc(NC(=O)CSc2nnc(COc3ccc4ccccc4c3)n2C)cc1. The first-order valence-corrected chi connectivity index (χ1v) is 11.3. The summed E-state index contributed by atoms with van der Waals surface area (Å²) < 4.78 is 13.2. The standard InChI is InChI=1S/C24H24N4O3S/c1-3-30-20-12-9-19(10-13-20)25-23(29)16-32-24-27-26-22(28(24)2)15-31-21-11-8-17-6-4-5-7-18(17)14-21/h4-14H,3,15-16H2,1-2H3,(H,25,29). The molecule has 1 N–H and O–H groups in total. The molecular weight excluding hydrogens is 424 g/mol. The van der Waals surface area contributed by atoms with Crippen molar-refractivity contribution in [3.8, 4) is 11.5 Å². The van der Waals surface area contributed by atoms with Crippen LogP contribution >= 0.6 is 11.8 Å². The fourth-order valence-corrected chi connectivity index (χ4v) is 3.86. The van der Waals surface area contributed by atoms with Crippen LogP contribution in [0.2, 0.25) is 0 Å². The van der Waals surface area contributed by atoms with Crippen LogP contribution < -0.4 is 14.8 Å². The van der Waals surface area contributed by atoms with Crippen molar-refractivity contribution < 1.29 is 14.3 Å². The molecule has 32 heavy (non-hydrogen) atoms. The zero-order chi connectivity index (χ0) is 22.3. The number of amides is 1. The number of carbonyl (C=O) groups is 1. The van der Waals surface area contributed by atoms with Gasteiger partial charge in [0, 0.05) is 12.7 Å². The maximum atomic E-state index is 12.3. The van der Waals surface area contributed by atoms with Crippen LogP contribution in [-0.4, -0.2) is 33.0 Å². The molecule has 1 amide bonds. The third-order valence-electron chi connectivity index (χ3n) is 4.80. The van der Waals surface area contributed by atoms with E-state index in [0.717, 1.165) is 22.6 Å². The molecular formula is C24H24N4O3S. The Morgan fingerprint density at radius 1 is 0.969 bits per heavy atom. The summed E-state index contributed by atoms with van der Waals surface area (Å²) in [7, 11) is 1.87. The van der Waals surface area contributed by atoms with E-state index in [-0.39, 0.29) is 11.7 Å². The number of ether oxygens (including phenoxy) is 2. The highest BCUT2D eigenvalue weighted by atomic mass is 32.2. The van der Waals surface area contributed by atoms with Crippen molar-refractivity contribution in [1.29, 1.82) is 0 Å². The molecule has 0 aliphatic carbocycles. The number of thioether (sulfide) groups is 1. The molecule has 0 saturated carbocycles. The number of rotatable bonds is 9. The molecule has 7 nitrogen and oxygen atoms in total. The van der Waals surface area contributed by atoms with Crippen molar-refractivity contribution in [2.24, 2.45) is 7.05 Å². The zero-order valence-corrected chi connectivity index (χ0v) is 18.8. The van der Waals surface area contributed by atoms with Crippen LogP contribution in [0.15, 0.2) is 71.9 Å². The minimum absolute atomic E-state index is 0.115. The topological polar surface area (TPSA) is 78.3 Å². The largest absolute Gasteiger partial charge is 0.494 e. The Morgan fingerprint density at radius 2 is 1.72 bits per heavy atom. The quantitative estimate of drug-likeness (QED) is 0.375. The van der Waals surface area contributed by atoms with E-state index in [9.17, 15) is 4.79 Å². The van der Waals surface area contributed by atoms with Crippen molar-refractivity contribution in [2.75, 3.05) is 17.7 Å². The molecule has 4 aromatic rings. The summed E-state index contributed by atoms with van der Waals surface area (Å²) in [4.78, 5) is 12.3. The summed E-state index contributed by atoms with van der Waals surface area (Å²) in [5.41, 5.74) is 0.724. The minimum Gasteiger partial charge on any atom is -0.494 e. The molecule has 0 saturated heterocycles. The van der Waals surface area contributed by atoms with E-state index in [1.807, 2.05) is 73.1 Å². The predicted molar refractivity (Wildman–Crippen MR) is 126 cm³/mol. The van der Waals surface area contributed by atoms with E-state index in [4.69, 9.17) is 9.47 Å². The van der Waals surface area contributed by atoms with Crippen LogP contribution in [0.1, 0.15) is 12.7 Å². The highest BCUT2D eigenvalue weighted by Crippen LogP contribution is 2.22. The summed E-state index contributed by atoms with van der Waals surface area (Å²) in [5, 5.41) is 14.2. The average molecular weight is 449 g/mol. The summed E-state index contributed by atoms with van der Waals surface area (Å²) in [6, 6.07) is 21.4. The van der Waals surface area contributed by atoms with Gasteiger partial charge in [0.1, 0.15) is 18.1 Å². The molecule has 0 aliphatic rings. The predicted octanol–water partition coefficient (Wildman–Crippen LogP) is 4.68. The Morgan fingerprint density at radius 3 is 2.50 bits per heavy atom. The summed E-state index contributed by atoms with van der Waals surface area (Å²) >= 11 is 1.33. The van der Waals surface area contributed by atoms with Gasteiger partial charge in [-0.2, -0.15) is 0 Å². The number of aromatic nitrogens is 3. The minimum atomic E-state index is -0.115. The van der Waals surface area contributed by atoms with Gasteiger partial charge in [-0.15, -0.1) is 10.2 Å². The lowest BCUT2D eigenvalue weighted by molar-refractivity contribution is -0.113. The first kappa shape index (κ1) is 21.7. The lowest BCUT2D eigenvalue weighted by Gasteiger charge is -2.08. The van der Waals surface area contributed by atoms with Gasteiger partial charge in [-0.05, 0) is 54.1 Å². The normalized spacial score (nSPS) is 10.8. The van der Waals surface area contributed by atoms with Crippen molar-refractivity contribution in [3.05, 3.63) is 72.6 Å². The first-order valence-electron chi connectivity index (χ1n) is 10.3. The van der Waals surface area contributed by atoms with Crippen LogP contribution in [0.4, 0.5) is 5.69 Å². The summed E-state index contributed by atoms with van der Waals surface area (Å²) in [6.07, 6.45) is 0. The number of hydrogen-bond acceptors (Lipinski definition) is 6. The second-order valence-electron chi connectivity index (χ2n) is 7.05. The maximum absolute atomic E-state index is 12.3. The summed E-state index contributed by atoms with van der Waals surface area (Å²) in [5.74, 6) is 2.35. The fraction of sp³-hybridized carbons (Fsp3) is 0.208. The molecule has 4 rings (SSSR count). The maximum Gasteiger partial charge on any atom is 0.234 e. The van der Waals surface area contributed by atoms with E-state index in [1.165, 1.54) is 17.1 Å². The lowest BCUT2D eigenvalue weighted by atomic mass is 10.1. The van der Waals surface area contributed by atoms with Gasteiger partial charge in [0.25, 0.3) is 0 Å². The van der Waals surface area contributed by atoms with Gasteiger partial charge >= 0.3 is 0 Å². The third-order valence-corrected chi connectivity index (χ3v) is 5.82. The molecule has 0 radical (unpaired) electrons. The molecule has 164 valence electrons. The number of benzene rings is 3. The molecule has 1 heterocycles. The van der Waals surface area contributed by atoms with Gasteiger partial charge in [0.2, 0.25) is 5.91 Å². The van der Waals surface area contributed by atoms with E-state index in [1.54, 1.807) is 0 Å². The number of fused-ring (bicyclic) bond motifs is 1. The molecule has 0 unspecified atom stereocenters. The van der Waals surface area contributed by atoms with Crippen molar-refractivity contribution in [2.45, 2.75) is 18.7 Å². The average Bonchev–Trinajstić information content (AvgIpc) is 3.17. The first-order chi connectivity index (χ1) is 15.6. The number of nitrogens with zero attached hydrogens (tertiary/aromatic N) is 3. The highest BCUT2D eigenvalue weighted by Gasteiger charge is 2.12. The lowest BCUT2D eigenvalue weighted by Crippen LogP contribution is -2.14. The Kier molecular flexibility index (Phi) is 6.91. The van der Waals surface area contributed by atoms with Gasteiger partial charge < -0.3 is 19.4 Å². The van der Waals surface area contributed by atoms with Crippen LogP contribution in [0, 0.1) is 0 Å². The molecule has 0 aliphatic heterocycles. The smallest absolute Gasteiger partial charge is 0.234 e. The second-order valence-corrected chi connectivity index (χ2v) is 7.99. The van der Waals surface area contributed by atoms with E-state index < -0.39 is 0 Å². The van der Waals surface area contributed by atoms with Crippen LogP contribution in [0.3, 0.4) is 0 Å². The van der Waals surface area contributed by atoms with Gasteiger partial charge in [0.05, 0.1) is 12.4 Å². The number of nitrogens with one attached hydrogen (secondary N) is 1. The second kappa shape index (κ2) is 10.2. The third kappa shape index (κ3) is 5.39. The van der Waals surface area contributed by atoms with E-state index in [2.05, 4.69) is 27.6 Å². The monoisotopic (exact) mass is 448 g/mol. The van der Waals surface area contributed by atoms with E-state index >= 15 is 0 Å². The molecule has 0 spiro atoms. The van der Waals surface area contributed by atoms with Gasteiger partial charge in [0.15, 0.2) is 11.0 Å². The van der Waals surface area contributed by atoms with Gasteiger partial charge in [-0.25, -0.2) is 0 Å². The van der Waals surface area contributed by atoms with Crippen molar-refractivity contribution >= 4 is 34.1 Å². The van der Waals surface area contributed by atoms with Gasteiger partial charge in [-0.1, -0.05) is 42.1 Å². The molecule has 0 fully saturated rings. The number of carbonyl (C=O) groups excluding carboxylic acids is 1. The Balaban J connectivity index is 1.29. The number of hydrogen-bond donors (Lipinski definition) is 1. The van der Waals surface area contributed by atoms with Crippen LogP contribution in [0.5, 0.6) is 11.5 Å².